The molecule has 0 bridgehead atoms. The first-order valence-corrected chi connectivity index (χ1v) is 5.97. The Hall–Kier alpha value is 0.230. The van der Waals surface area contributed by atoms with Crippen molar-refractivity contribution in [3.63, 3.8) is 0 Å². The highest BCUT2D eigenvalue weighted by molar-refractivity contribution is 6.92. The Morgan fingerprint density at radius 2 is 1.29 bits per heavy atom. The van der Waals surface area contributed by atoms with Crippen molar-refractivity contribution in [2.45, 2.75) is 51.9 Å². The quantitative estimate of drug-likeness (QED) is 0.461. The molecule has 0 saturated heterocycles. The molecule has 0 aliphatic rings. The average molecular weight is 297 g/mol. The van der Waals surface area contributed by atoms with E-state index in [1.807, 2.05) is 0 Å². The predicted molar refractivity (Wildman–Crippen MR) is 89.1 cm³/mol. The summed E-state index contributed by atoms with van der Waals surface area (Å²) in [6, 6.07) is 10.8. The third kappa shape index (κ3) is 12.5. The van der Waals surface area contributed by atoms with Gasteiger partial charge in [0.1, 0.15) is 0 Å². The summed E-state index contributed by atoms with van der Waals surface area (Å²) in [4.78, 5) is 0. The first kappa shape index (κ1) is 22.4. The summed E-state index contributed by atoms with van der Waals surface area (Å²) in [5.74, 6) is 0. The minimum absolute atomic E-state index is 0. The lowest BCUT2D eigenvalue weighted by atomic mass is 10.1. The van der Waals surface area contributed by atoms with E-state index in [4.69, 9.17) is 0 Å². The molecule has 0 nitrogen and oxygen atoms in total. The van der Waals surface area contributed by atoms with Gasteiger partial charge < -0.3 is 0 Å². The van der Waals surface area contributed by atoms with Crippen molar-refractivity contribution >= 4 is 34.7 Å². The molecule has 1 rings (SSSR count). The first-order chi connectivity index (χ1) is 6.93. The van der Waals surface area contributed by atoms with Crippen molar-refractivity contribution in [2.24, 2.45) is 0 Å². The van der Waals surface area contributed by atoms with E-state index in [0.29, 0.717) is 0 Å². The highest BCUT2D eigenvalue weighted by Gasteiger charge is 1.92. The van der Waals surface area contributed by atoms with Crippen LogP contribution in [0.25, 0.3) is 0 Å². The Morgan fingerprint density at radius 3 is 1.88 bits per heavy atom. The summed E-state index contributed by atoms with van der Waals surface area (Å²) in [5, 5.41) is 0. The van der Waals surface area contributed by atoms with Gasteiger partial charge in [0.2, 0.25) is 0 Å². The fourth-order valence-corrected chi connectivity index (χ4v) is 1.75. The molecular weight excluding hydrogens is 270 g/mol. The molecule has 0 aliphatic heterocycles. The Kier molecular flexibility index (Phi) is 21.4. The van der Waals surface area contributed by atoms with Gasteiger partial charge in [-0.15, -0.1) is 24.8 Å². The van der Waals surface area contributed by atoms with Crippen molar-refractivity contribution in [3.05, 3.63) is 35.9 Å². The molecule has 1 unspecified atom stereocenters. The van der Waals surface area contributed by atoms with E-state index >= 15 is 0 Å². The van der Waals surface area contributed by atoms with Crippen molar-refractivity contribution in [2.75, 3.05) is 0 Å². The predicted octanol–water partition coefficient (Wildman–Crippen LogP) is 5.49. The maximum atomic E-state index is 2.27. The van der Waals surface area contributed by atoms with E-state index in [0.717, 1.165) is 0 Å². The maximum absolute atomic E-state index is 2.27. The number of aryl methyl sites for hydroxylation is 1. The van der Waals surface area contributed by atoms with E-state index in [-0.39, 0.29) is 34.7 Å². The van der Waals surface area contributed by atoms with Crippen LogP contribution in [0.3, 0.4) is 0 Å². The largest absolute Gasteiger partial charge is 0.153 e. The fraction of sp³-hybridized carbons (Fsp3) is 0.571. The van der Waals surface area contributed by atoms with Crippen molar-refractivity contribution in [3.8, 4) is 0 Å². The second-order valence-corrected chi connectivity index (χ2v) is 4.00. The topological polar surface area (TPSA) is 0 Å². The molecule has 1 aromatic rings. The molecule has 0 spiro atoms. The zero-order valence-corrected chi connectivity index (χ0v) is 13.9. The van der Waals surface area contributed by atoms with Crippen LogP contribution in [-0.4, -0.2) is 0 Å². The van der Waals surface area contributed by atoms with Crippen molar-refractivity contribution in [1.29, 1.82) is 0 Å². The van der Waals surface area contributed by atoms with Gasteiger partial charge in [0, 0.05) is 0 Å². The van der Waals surface area contributed by atoms with Crippen LogP contribution in [0.4, 0.5) is 0 Å². The SMILES string of the molecule is CCCCCCCCc1ccccc1.Cl.Cl.P. The van der Waals surface area contributed by atoms with Gasteiger partial charge in [-0.1, -0.05) is 69.4 Å². The third-order valence-corrected chi connectivity index (χ3v) is 2.66. The van der Waals surface area contributed by atoms with Gasteiger partial charge in [-0.25, -0.2) is 0 Å². The van der Waals surface area contributed by atoms with Gasteiger partial charge in [0.25, 0.3) is 0 Å². The van der Waals surface area contributed by atoms with Crippen molar-refractivity contribution < 1.29 is 0 Å². The molecular formula is C14H27Cl2P. The molecule has 0 aliphatic carbocycles. The van der Waals surface area contributed by atoms with Gasteiger partial charge in [-0.3, -0.25) is 0 Å². The van der Waals surface area contributed by atoms with Gasteiger partial charge in [-0.05, 0) is 18.4 Å². The molecule has 1 atom stereocenters. The highest BCUT2D eigenvalue weighted by atomic mass is 35.5. The molecule has 1 aromatic carbocycles. The number of hydrogen-bond donors (Lipinski definition) is 0. The highest BCUT2D eigenvalue weighted by Crippen LogP contribution is 2.09. The van der Waals surface area contributed by atoms with Crippen LogP contribution < -0.4 is 0 Å². The molecule has 0 fully saturated rings. The average Bonchev–Trinajstić information content (AvgIpc) is 2.25. The molecule has 0 amide bonds. The molecule has 0 N–H and O–H groups in total. The van der Waals surface area contributed by atoms with Crippen LogP contribution in [0.1, 0.15) is 51.0 Å². The monoisotopic (exact) mass is 296 g/mol. The summed E-state index contributed by atoms with van der Waals surface area (Å²) >= 11 is 0. The third-order valence-electron chi connectivity index (χ3n) is 2.66. The number of hydrogen-bond acceptors (Lipinski definition) is 0. The maximum Gasteiger partial charge on any atom is -0.0279 e. The van der Waals surface area contributed by atoms with E-state index in [9.17, 15) is 0 Å². The van der Waals surface area contributed by atoms with Crippen molar-refractivity contribution in [1.82, 2.24) is 0 Å². The molecule has 102 valence electrons. The standard InChI is InChI=1S/C14H22.2ClH.H3P/c1-2-3-4-5-6-8-11-14-12-9-7-10-13-14;;;/h7,9-10,12-13H,2-6,8,11H2,1H3;2*1H;1H3. The van der Waals surface area contributed by atoms with Gasteiger partial charge in [-0.2, -0.15) is 9.90 Å². The summed E-state index contributed by atoms with van der Waals surface area (Å²) < 4.78 is 0. The van der Waals surface area contributed by atoms with Gasteiger partial charge in [0.15, 0.2) is 0 Å². The van der Waals surface area contributed by atoms with Gasteiger partial charge in [0.05, 0.1) is 0 Å². The van der Waals surface area contributed by atoms with Crippen LogP contribution in [-0.2, 0) is 6.42 Å². The Balaban J connectivity index is -0.000000653. The summed E-state index contributed by atoms with van der Waals surface area (Å²) in [5.41, 5.74) is 1.49. The van der Waals surface area contributed by atoms with Crippen LogP contribution in [0.2, 0.25) is 0 Å². The van der Waals surface area contributed by atoms with Crippen LogP contribution in [0, 0.1) is 0 Å². The van der Waals surface area contributed by atoms with E-state index in [1.54, 1.807) is 0 Å². The molecule has 3 heteroatoms. The molecule has 0 saturated carbocycles. The van der Waals surface area contributed by atoms with E-state index in [1.165, 1.54) is 50.5 Å². The minimum Gasteiger partial charge on any atom is -0.153 e. The van der Waals surface area contributed by atoms with Crippen LogP contribution in [0.15, 0.2) is 30.3 Å². The van der Waals surface area contributed by atoms with E-state index < -0.39 is 0 Å². The molecule has 17 heavy (non-hydrogen) atoms. The molecule has 0 aromatic heterocycles. The smallest absolute Gasteiger partial charge is 0.0279 e. The molecule has 0 heterocycles. The second-order valence-electron chi connectivity index (χ2n) is 4.00. The number of halogens is 2. The summed E-state index contributed by atoms with van der Waals surface area (Å²) in [6.45, 7) is 2.27. The van der Waals surface area contributed by atoms with E-state index in [2.05, 4.69) is 37.3 Å². The lowest BCUT2D eigenvalue weighted by Crippen LogP contribution is -1.85. The Morgan fingerprint density at radius 1 is 0.765 bits per heavy atom. The summed E-state index contributed by atoms with van der Waals surface area (Å²) in [6.07, 6.45) is 9.60. The lowest BCUT2D eigenvalue weighted by Gasteiger charge is -2.01. The lowest BCUT2D eigenvalue weighted by molar-refractivity contribution is 0.607. The number of benzene rings is 1. The van der Waals surface area contributed by atoms with Crippen LogP contribution >= 0.6 is 34.7 Å². The zero-order chi connectivity index (χ0) is 10.1. The number of unbranched alkanes of at least 4 members (excludes halogenated alkanes) is 5. The number of rotatable bonds is 7. The molecule has 0 radical (unpaired) electrons. The van der Waals surface area contributed by atoms with Gasteiger partial charge >= 0.3 is 0 Å². The Labute approximate surface area is 122 Å². The summed E-state index contributed by atoms with van der Waals surface area (Å²) in [7, 11) is 0. The second kappa shape index (κ2) is 16.2. The zero-order valence-electron chi connectivity index (χ0n) is 10.9. The normalized spacial score (nSPS) is 8.53. The fourth-order valence-electron chi connectivity index (χ4n) is 1.75. The minimum atomic E-state index is 0. The Bertz CT molecular complexity index is 227. The van der Waals surface area contributed by atoms with Crippen LogP contribution in [0.5, 0.6) is 0 Å². The first-order valence-electron chi connectivity index (χ1n) is 5.97.